The maximum atomic E-state index is 8.59. The van der Waals surface area contributed by atoms with E-state index in [0.717, 1.165) is 0 Å². The Hall–Kier alpha value is -0.800. The zero-order valence-corrected chi connectivity index (χ0v) is 5.97. The topological polar surface area (TPSA) is 59.1 Å². The summed E-state index contributed by atoms with van der Waals surface area (Å²) in [6.45, 7) is -0.110. The van der Waals surface area contributed by atoms with Gasteiger partial charge in [-0.25, -0.2) is 4.98 Å². The standard InChI is InChI=1S/C6H7ClN2O/c7-5-2-1-4(3-10)9-6(5)8/h1-2,10H,3H2,(H2,8,9). The van der Waals surface area contributed by atoms with Crippen LogP contribution in [0.4, 0.5) is 5.82 Å². The number of halogens is 1. The summed E-state index contributed by atoms with van der Waals surface area (Å²) in [5, 5.41) is 9.01. The number of nitrogens with zero attached hydrogens (tertiary/aromatic N) is 1. The fraction of sp³-hybridized carbons (Fsp3) is 0.167. The number of aromatic nitrogens is 1. The van der Waals surface area contributed by atoms with E-state index < -0.39 is 0 Å². The molecule has 0 saturated carbocycles. The number of aliphatic hydroxyl groups is 1. The highest BCUT2D eigenvalue weighted by Crippen LogP contribution is 2.15. The second-order valence-corrected chi connectivity index (χ2v) is 2.23. The SMILES string of the molecule is Nc1nc(CO)ccc1Cl. The van der Waals surface area contributed by atoms with Gasteiger partial charge in [-0.15, -0.1) is 0 Å². The van der Waals surface area contributed by atoms with Crippen LogP contribution in [0.2, 0.25) is 5.02 Å². The average Bonchev–Trinajstić information content (AvgIpc) is 1.95. The van der Waals surface area contributed by atoms with Crippen LogP contribution in [0.3, 0.4) is 0 Å². The van der Waals surface area contributed by atoms with Crippen molar-refractivity contribution in [2.75, 3.05) is 5.73 Å². The lowest BCUT2D eigenvalue weighted by Gasteiger charge is -1.97. The molecule has 10 heavy (non-hydrogen) atoms. The van der Waals surface area contributed by atoms with E-state index in [1.807, 2.05) is 0 Å². The van der Waals surface area contributed by atoms with Crippen molar-refractivity contribution in [3.05, 3.63) is 22.8 Å². The highest BCUT2D eigenvalue weighted by molar-refractivity contribution is 6.32. The number of hydrogen-bond donors (Lipinski definition) is 2. The molecule has 0 spiro atoms. The fourth-order valence-electron chi connectivity index (χ4n) is 0.588. The maximum absolute atomic E-state index is 8.59. The lowest BCUT2D eigenvalue weighted by atomic mass is 10.3. The molecular weight excluding hydrogens is 152 g/mol. The first-order valence-electron chi connectivity index (χ1n) is 2.76. The van der Waals surface area contributed by atoms with Gasteiger partial charge in [-0.1, -0.05) is 11.6 Å². The van der Waals surface area contributed by atoms with E-state index in [0.29, 0.717) is 10.7 Å². The molecule has 0 fully saturated rings. The number of hydrogen-bond acceptors (Lipinski definition) is 3. The van der Waals surface area contributed by atoms with Gasteiger partial charge in [0, 0.05) is 0 Å². The van der Waals surface area contributed by atoms with Crippen molar-refractivity contribution < 1.29 is 5.11 Å². The summed E-state index contributed by atoms with van der Waals surface area (Å²) < 4.78 is 0. The zero-order chi connectivity index (χ0) is 7.56. The van der Waals surface area contributed by atoms with Crippen molar-refractivity contribution in [1.82, 2.24) is 4.98 Å². The maximum Gasteiger partial charge on any atom is 0.142 e. The lowest BCUT2D eigenvalue weighted by molar-refractivity contribution is 0.277. The number of aliphatic hydroxyl groups excluding tert-OH is 1. The van der Waals surface area contributed by atoms with Gasteiger partial charge in [-0.05, 0) is 12.1 Å². The van der Waals surface area contributed by atoms with Crippen molar-refractivity contribution in [2.24, 2.45) is 0 Å². The number of nitrogens with two attached hydrogens (primary N) is 1. The molecule has 0 aliphatic heterocycles. The number of anilines is 1. The zero-order valence-electron chi connectivity index (χ0n) is 5.21. The molecule has 1 heterocycles. The predicted molar refractivity (Wildman–Crippen MR) is 39.6 cm³/mol. The molecule has 0 bridgehead atoms. The molecule has 0 saturated heterocycles. The quantitative estimate of drug-likeness (QED) is 0.636. The van der Waals surface area contributed by atoms with Gasteiger partial charge in [0.25, 0.3) is 0 Å². The van der Waals surface area contributed by atoms with Gasteiger partial charge in [-0.3, -0.25) is 0 Å². The molecule has 0 aliphatic rings. The molecule has 0 atom stereocenters. The van der Waals surface area contributed by atoms with E-state index in [-0.39, 0.29) is 12.4 Å². The largest absolute Gasteiger partial charge is 0.390 e. The van der Waals surface area contributed by atoms with Crippen LogP contribution < -0.4 is 5.73 Å². The minimum Gasteiger partial charge on any atom is -0.390 e. The minimum absolute atomic E-state index is 0.110. The van der Waals surface area contributed by atoms with Crippen molar-refractivity contribution >= 4 is 17.4 Å². The van der Waals surface area contributed by atoms with Gasteiger partial charge in [0.1, 0.15) is 5.82 Å². The Morgan fingerprint density at radius 2 is 2.30 bits per heavy atom. The second kappa shape index (κ2) is 2.86. The van der Waals surface area contributed by atoms with Crippen molar-refractivity contribution in [2.45, 2.75) is 6.61 Å². The summed E-state index contributed by atoms with van der Waals surface area (Å²) in [6.07, 6.45) is 0. The number of pyridine rings is 1. The average molecular weight is 159 g/mol. The molecule has 0 aromatic carbocycles. The normalized spacial score (nSPS) is 9.80. The van der Waals surface area contributed by atoms with Crippen LogP contribution in [0.25, 0.3) is 0 Å². The van der Waals surface area contributed by atoms with Gasteiger partial charge in [0.2, 0.25) is 0 Å². The van der Waals surface area contributed by atoms with Crippen LogP contribution >= 0.6 is 11.6 Å². The summed E-state index contributed by atoms with van der Waals surface area (Å²) in [5.41, 5.74) is 5.87. The number of rotatable bonds is 1. The summed E-state index contributed by atoms with van der Waals surface area (Å²) in [6, 6.07) is 3.23. The first-order valence-corrected chi connectivity index (χ1v) is 3.13. The van der Waals surface area contributed by atoms with Crippen LogP contribution in [-0.2, 0) is 6.61 Å². The lowest BCUT2D eigenvalue weighted by Crippen LogP contribution is -1.95. The van der Waals surface area contributed by atoms with Gasteiger partial charge < -0.3 is 10.8 Å². The molecule has 0 aliphatic carbocycles. The minimum atomic E-state index is -0.110. The second-order valence-electron chi connectivity index (χ2n) is 1.83. The van der Waals surface area contributed by atoms with Gasteiger partial charge >= 0.3 is 0 Å². The Kier molecular flexibility index (Phi) is 2.09. The Morgan fingerprint density at radius 1 is 1.60 bits per heavy atom. The Labute approximate surface area is 63.5 Å². The Bertz CT molecular complexity index is 239. The van der Waals surface area contributed by atoms with E-state index in [1.54, 1.807) is 12.1 Å². The summed E-state index contributed by atoms with van der Waals surface area (Å²) >= 11 is 5.57. The van der Waals surface area contributed by atoms with E-state index in [4.69, 9.17) is 22.4 Å². The number of nitrogen functional groups attached to an aromatic ring is 1. The first kappa shape index (κ1) is 7.31. The van der Waals surface area contributed by atoms with E-state index in [2.05, 4.69) is 4.98 Å². The van der Waals surface area contributed by atoms with Crippen LogP contribution in [0, 0.1) is 0 Å². The molecule has 1 aromatic heterocycles. The molecule has 3 nitrogen and oxygen atoms in total. The molecule has 0 amide bonds. The highest BCUT2D eigenvalue weighted by Gasteiger charge is 1.97. The third-order valence-corrected chi connectivity index (χ3v) is 1.41. The third kappa shape index (κ3) is 1.37. The van der Waals surface area contributed by atoms with E-state index >= 15 is 0 Å². The van der Waals surface area contributed by atoms with Gasteiger partial charge in [-0.2, -0.15) is 0 Å². The van der Waals surface area contributed by atoms with Crippen LogP contribution in [0.1, 0.15) is 5.69 Å². The van der Waals surface area contributed by atoms with E-state index in [9.17, 15) is 0 Å². The fourth-order valence-corrected chi connectivity index (χ4v) is 0.693. The molecule has 0 unspecified atom stereocenters. The van der Waals surface area contributed by atoms with Crippen molar-refractivity contribution in [3.63, 3.8) is 0 Å². The summed E-state index contributed by atoms with van der Waals surface area (Å²) in [7, 11) is 0. The summed E-state index contributed by atoms with van der Waals surface area (Å²) in [4.78, 5) is 3.79. The molecule has 3 N–H and O–H groups in total. The van der Waals surface area contributed by atoms with Crippen LogP contribution in [0.15, 0.2) is 12.1 Å². The van der Waals surface area contributed by atoms with Crippen LogP contribution in [0.5, 0.6) is 0 Å². The van der Waals surface area contributed by atoms with Gasteiger partial charge in [0.15, 0.2) is 0 Å². The van der Waals surface area contributed by atoms with Crippen molar-refractivity contribution in [3.8, 4) is 0 Å². The van der Waals surface area contributed by atoms with E-state index in [1.165, 1.54) is 0 Å². The molecule has 1 rings (SSSR count). The molecule has 54 valence electrons. The monoisotopic (exact) mass is 158 g/mol. The third-order valence-electron chi connectivity index (χ3n) is 1.09. The van der Waals surface area contributed by atoms with Gasteiger partial charge in [0.05, 0.1) is 17.3 Å². The molecule has 0 radical (unpaired) electrons. The molecule has 1 aromatic rings. The molecule has 4 heteroatoms. The van der Waals surface area contributed by atoms with Crippen molar-refractivity contribution in [1.29, 1.82) is 0 Å². The molecular formula is C6H7ClN2O. The smallest absolute Gasteiger partial charge is 0.142 e. The van der Waals surface area contributed by atoms with Crippen LogP contribution in [-0.4, -0.2) is 10.1 Å². The predicted octanol–water partition coefficient (Wildman–Crippen LogP) is 0.809. The summed E-state index contributed by atoms with van der Waals surface area (Å²) in [5.74, 6) is 0.258. The first-order chi connectivity index (χ1) is 4.74. The highest BCUT2D eigenvalue weighted by atomic mass is 35.5. The Balaban J connectivity index is 3.04. The Morgan fingerprint density at radius 3 is 2.80 bits per heavy atom.